The zero-order chi connectivity index (χ0) is 9.78. The molecule has 6 heteroatoms. The van der Waals surface area contributed by atoms with E-state index in [1.54, 1.807) is 0 Å². The third-order valence-electron chi connectivity index (χ3n) is 0.941. The average Bonchev–Trinajstić information content (AvgIpc) is 1.84. The van der Waals surface area contributed by atoms with Gasteiger partial charge in [0.2, 0.25) is 0 Å². The summed E-state index contributed by atoms with van der Waals surface area (Å²) in [5.41, 5.74) is -1.49. The normalized spacial score (nSPS) is 14.4. The van der Waals surface area contributed by atoms with Crippen LogP contribution in [0.2, 0.25) is 0 Å². The molecule has 0 aromatic rings. The molecular weight excluding hydrogens is 197 g/mol. The molecule has 2 nitrogen and oxygen atoms in total. The first-order valence-electron chi connectivity index (χ1n) is 3.22. The zero-order valence-electron chi connectivity index (χ0n) is 6.32. The van der Waals surface area contributed by atoms with Crippen LogP contribution in [0.5, 0.6) is 0 Å². The minimum absolute atomic E-state index is 0.109. The predicted molar refractivity (Wildman–Crippen MR) is 36.9 cm³/mol. The van der Waals surface area contributed by atoms with Crippen LogP contribution in [0.25, 0.3) is 0 Å². The molecule has 0 aromatic heterocycles. The minimum atomic E-state index is -4.51. The van der Waals surface area contributed by atoms with E-state index in [1.807, 2.05) is 0 Å². The quantitative estimate of drug-likeness (QED) is 0.656. The molecule has 0 heterocycles. The Morgan fingerprint density at radius 2 is 2.08 bits per heavy atom. The van der Waals surface area contributed by atoms with Gasteiger partial charge in [-0.2, -0.15) is 13.2 Å². The molecule has 0 radical (unpaired) electrons. The third-order valence-corrected chi connectivity index (χ3v) is 1.31. The van der Waals surface area contributed by atoms with Crippen molar-refractivity contribution >= 4 is 17.4 Å². The fourth-order valence-electron chi connectivity index (χ4n) is 0.517. The van der Waals surface area contributed by atoms with Crippen molar-refractivity contribution in [2.75, 3.05) is 6.61 Å². The van der Waals surface area contributed by atoms with E-state index in [1.165, 1.54) is 6.92 Å². The summed E-state index contributed by atoms with van der Waals surface area (Å²) in [6, 6.07) is 0. The van der Waals surface area contributed by atoms with Gasteiger partial charge in [0.15, 0.2) is 11.3 Å². The Hall–Kier alpha value is -0.290. The van der Waals surface area contributed by atoms with Gasteiger partial charge in [0.05, 0.1) is 0 Å². The summed E-state index contributed by atoms with van der Waals surface area (Å²) < 4.78 is 39.2. The highest BCUT2D eigenvalue weighted by Gasteiger charge is 2.33. The highest BCUT2D eigenvalue weighted by atomic mass is 35.5. The first kappa shape index (κ1) is 11.7. The highest BCUT2D eigenvalue weighted by Crippen LogP contribution is 2.21. The zero-order valence-corrected chi connectivity index (χ0v) is 7.08. The lowest BCUT2D eigenvalue weighted by Crippen LogP contribution is -2.24. The Kier molecular flexibility index (Phi) is 4.55. The van der Waals surface area contributed by atoms with Gasteiger partial charge in [-0.15, -0.1) is 0 Å². The van der Waals surface area contributed by atoms with Crippen molar-refractivity contribution in [3.63, 3.8) is 0 Å². The van der Waals surface area contributed by atoms with Gasteiger partial charge in [0.1, 0.15) is 6.42 Å². The van der Waals surface area contributed by atoms with Crippen LogP contribution >= 0.6 is 11.6 Å². The van der Waals surface area contributed by atoms with Gasteiger partial charge in [0, 0.05) is 6.61 Å². The summed E-state index contributed by atoms with van der Waals surface area (Å²) in [4.78, 5) is 10.6. The standard InChI is InChI=1S/C6H8ClF3O2/c1-2-12-5(7)4(11)3-6(8,9)10/h5H,2-3H2,1H3. The fourth-order valence-corrected chi connectivity index (χ4v) is 0.720. The number of alkyl halides is 4. The molecule has 0 aliphatic rings. The number of carbonyl (C=O) groups is 1. The molecule has 0 saturated carbocycles. The minimum Gasteiger partial charge on any atom is -0.355 e. The molecule has 0 fully saturated rings. The largest absolute Gasteiger partial charge is 0.396 e. The number of ketones is 1. The fraction of sp³-hybridized carbons (Fsp3) is 0.833. The lowest BCUT2D eigenvalue weighted by molar-refractivity contribution is -0.156. The van der Waals surface area contributed by atoms with Crippen molar-refractivity contribution in [3.8, 4) is 0 Å². The first-order valence-corrected chi connectivity index (χ1v) is 3.65. The summed E-state index contributed by atoms with van der Waals surface area (Å²) in [5.74, 6) is -1.16. The summed E-state index contributed by atoms with van der Waals surface area (Å²) in [7, 11) is 0. The average molecular weight is 205 g/mol. The molecule has 0 aliphatic carbocycles. The van der Waals surface area contributed by atoms with Gasteiger partial charge < -0.3 is 4.74 Å². The maximum atomic E-state index is 11.6. The Balaban J connectivity index is 3.87. The molecule has 0 spiro atoms. The molecule has 0 aliphatic heterocycles. The molecule has 72 valence electrons. The number of Topliss-reactive ketones (excluding diaryl/α,β-unsaturated/α-hetero) is 1. The van der Waals surface area contributed by atoms with Crippen LogP contribution in [0.3, 0.4) is 0 Å². The van der Waals surface area contributed by atoms with Crippen LogP contribution in [0.15, 0.2) is 0 Å². The van der Waals surface area contributed by atoms with E-state index in [2.05, 4.69) is 4.74 Å². The molecule has 0 saturated heterocycles. The number of hydrogen-bond acceptors (Lipinski definition) is 2. The Bertz CT molecular complexity index is 157. The van der Waals surface area contributed by atoms with E-state index in [0.717, 1.165) is 0 Å². The molecule has 0 bridgehead atoms. The number of carbonyl (C=O) groups excluding carboxylic acids is 1. The summed E-state index contributed by atoms with van der Waals surface area (Å²) >= 11 is 5.17. The van der Waals surface area contributed by atoms with E-state index >= 15 is 0 Å². The van der Waals surface area contributed by atoms with E-state index in [4.69, 9.17) is 11.6 Å². The topological polar surface area (TPSA) is 26.3 Å². The maximum absolute atomic E-state index is 11.6. The Labute approximate surface area is 72.6 Å². The van der Waals surface area contributed by atoms with Crippen molar-refractivity contribution < 1.29 is 22.7 Å². The Morgan fingerprint density at radius 3 is 2.42 bits per heavy atom. The van der Waals surface area contributed by atoms with Crippen LogP contribution in [0.1, 0.15) is 13.3 Å². The first-order chi connectivity index (χ1) is 5.37. The number of rotatable bonds is 4. The van der Waals surface area contributed by atoms with Gasteiger partial charge in [-0.25, -0.2) is 0 Å². The smallest absolute Gasteiger partial charge is 0.355 e. The monoisotopic (exact) mass is 204 g/mol. The second-order valence-electron chi connectivity index (χ2n) is 2.03. The van der Waals surface area contributed by atoms with Crippen LogP contribution in [-0.4, -0.2) is 24.1 Å². The number of halogens is 4. The highest BCUT2D eigenvalue weighted by molar-refractivity contribution is 6.30. The second-order valence-corrected chi connectivity index (χ2v) is 2.43. The van der Waals surface area contributed by atoms with E-state index in [9.17, 15) is 18.0 Å². The van der Waals surface area contributed by atoms with Crippen molar-refractivity contribution in [2.24, 2.45) is 0 Å². The van der Waals surface area contributed by atoms with Crippen molar-refractivity contribution in [3.05, 3.63) is 0 Å². The SMILES string of the molecule is CCOC(Cl)C(=O)CC(F)(F)F. The Morgan fingerprint density at radius 1 is 1.58 bits per heavy atom. The van der Waals surface area contributed by atoms with E-state index in [-0.39, 0.29) is 6.61 Å². The van der Waals surface area contributed by atoms with Crippen LogP contribution in [0.4, 0.5) is 13.2 Å². The molecular formula is C6H8ClF3O2. The van der Waals surface area contributed by atoms with Crippen molar-refractivity contribution in [1.82, 2.24) is 0 Å². The molecule has 0 amide bonds. The second kappa shape index (κ2) is 4.67. The van der Waals surface area contributed by atoms with Crippen LogP contribution in [0, 0.1) is 0 Å². The number of hydrogen-bond donors (Lipinski definition) is 0. The predicted octanol–water partition coefficient (Wildman–Crippen LogP) is 2.11. The van der Waals surface area contributed by atoms with Gasteiger partial charge >= 0.3 is 6.18 Å². The third kappa shape index (κ3) is 5.37. The number of ether oxygens (including phenoxy) is 1. The van der Waals surface area contributed by atoms with Crippen LogP contribution < -0.4 is 0 Å². The molecule has 0 aromatic carbocycles. The lowest BCUT2D eigenvalue weighted by atomic mass is 10.3. The van der Waals surface area contributed by atoms with Gasteiger partial charge in [0.25, 0.3) is 0 Å². The molecule has 1 atom stereocenters. The van der Waals surface area contributed by atoms with Gasteiger partial charge in [-0.1, -0.05) is 11.6 Å². The van der Waals surface area contributed by atoms with Crippen molar-refractivity contribution in [2.45, 2.75) is 25.1 Å². The summed E-state index contributed by atoms with van der Waals surface area (Å²) in [6.07, 6.45) is -6.05. The molecule has 1 unspecified atom stereocenters. The summed E-state index contributed by atoms with van der Waals surface area (Å²) in [5, 5.41) is 0. The van der Waals surface area contributed by atoms with Crippen molar-refractivity contribution in [1.29, 1.82) is 0 Å². The lowest BCUT2D eigenvalue weighted by Gasteiger charge is -2.09. The van der Waals surface area contributed by atoms with Gasteiger partial charge in [-0.3, -0.25) is 4.79 Å². The van der Waals surface area contributed by atoms with Crippen LogP contribution in [-0.2, 0) is 9.53 Å². The molecule has 0 N–H and O–H groups in total. The maximum Gasteiger partial charge on any atom is 0.396 e. The molecule has 12 heavy (non-hydrogen) atoms. The summed E-state index contributed by atoms with van der Waals surface area (Å²) in [6.45, 7) is 1.65. The molecule has 0 rings (SSSR count). The van der Waals surface area contributed by atoms with Gasteiger partial charge in [-0.05, 0) is 6.92 Å². The van der Waals surface area contributed by atoms with E-state index < -0.39 is 23.9 Å². The van der Waals surface area contributed by atoms with E-state index in [0.29, 0.717) is 0 Å².